The Labute approximate surface area is 172 Å². The molecule has 2 aliphatic rings. The molecule has 0 bridgehead atoms. The van der Waals surface area contributed by atoms with Crippen LogP contribution in [0.25, 0.3) is 11.0 Å². The van der Waals surface area contributed by atoms with Crippen LogP contribution < -0.4 is 5.32 Å². The zero-order chi connectivity index (χ0) is 19.8. The molecule has 0 unspecified atom stereocenters. The lowest BCUT2D eigenvalue weighted by Crippen LogP contribution is -2.34. The molecule has 1 aromatic carbocycles. The van der Waals surface area contributed by atoms with Gasteiger partial charge in [0, 0.05) is 35.3 Å². The van der Waals surface area contributed by atoms with Crippen LogP contribution in [-0.2, 0) is 12.8 Å². The Hall–Kier alpha value is -2.25. The van der Waals surface area contributed by atoms with Crippen molar-refractivity contribution in [1.82, 2.24) is 15.4 Å². The number of fused-ring (bicyclic) bond motifs is 2. The first-order valence-corrected chi connectivity index (χ1v) is 11.2. The fraction of sp³-hybridized carbons (Fsp3) is 0.455. The average Bonchev–Trinajstić information content (AvgIpc) is 3.29. The van der Waals surface area contributed by atoms with Crippen LogP contribution in [0, 0.1) is 5.82 Å². The van der Waals surface area contributed by atoms with Gasteiger partial charge in [0.05, 0.1) is 10.6 Å². The van der Waals surface area contributed by atoms with Crippen molar-refractivity contribution in [2.24, 2.45) is 0 Å². The van der Waals surface area contributed by atoms with Crippen molar-refractivity contribution in [2.75, 3.05) is 26.2 Å². The van der Waals surface area contributed by atoms with Crippen LogP contribution in [0.4, 0.5) is 4.39 Å². The SMILES string of the molecule is O=C1NCCCc2cc(CCN3CCC(c4noc5cc(F)ccc45)CC3)sc21. The molecule has 0 spiro atoms. The molecule has 0 atom stereocenters. The summed E-state index contributed by atoms with van der Waals surface area (Å²) in [5, 5.41) is 8.15. The third-order valence-electron chi connectivity index (χ3n) is 6.09. The zero-order valence-electron chi connectivity index (χ0n) is 16.2. The highest BCUT2D eigenvalue weighted by Crippen LogP contribution is 2.33. The lowest BCUT2D eigenvalue weighted by molar-refractivity contribution is 0.0960. The number of amides is 1. The minimum absolute atomic E-state index is 0.0919. The molecule has 2 aliphatic heterocycles. The number of likely N-dealkylation sites (tertiary alicyclic amines) is 1. The number of rotatable bonds is 4. The van der Waals surface area contributed by atoms with Gasteiger partial charge in [-0.25, -0.2) is 4.39 Å². The first kappa shape index (κ1) is 18.8. The first-order chi connectivity index (χ1) is 14.2. The maximum Gasteiger partial charge on any atom is 0.261 e. The van der Waals surface area contributed by atoms with Gasteiger partial charge in [-0.3, -0.25) is 4.79 Å². The van der Waals surface area contributed by atoms with Gasteiger partial charge in [-0.2, -0.15) is 0 Å². The topological polar surface area (TPSA) is 58.4 Å². The monoisotopic (exact) mass is 413 g/mol. The van der Waals surface area contributed by atoms with Gasteiger partial charge in [0.1, 0.15) is 5.82 Å². The summed E-state index contributed by atoms with van der Waals surface area (Å²) in [4.78, 5) is 16.8. The number of thiophene rings is 1. The molecular formula is C22H24FN3O2S. The lowest BCUT2D eigenvalue weighted by atomic mass is 9.91. The average molecular weight is 414 g/mol. The van der Waals surface area contributed by atoms with Crippen LogP contribution >= 0.6 is 11.3 Å². The van der Waals surface area contributed by atoms with Crippen molar-refractivity contribution >= 4 is 28.2 Å². The Kier molecular flexibility index (Phi) is 5.09. The normalized spacial score (nSPS) is 18.6. The largest absolute Gasteiger partial charge is 0.356 e. The number of carbonyl (C=O) groups excluding carboxylic acids is 1. The van der Waals surface area contributed by atoms with Crippen molar-refractivity contribution < 1.29 is 13.7 Å². The van der Waals surface area contributed by atoms with Crippen LogP contribution in [0.5, 0.6) is 0 Å². The quantitative estimate of drug-likeness (QED) is 0.699. The number of aryl methyl sites for hydroxylation is 1. The predicted octanol–water partition coefficient (Wildman–Crippen LogP) is 4.13. The van der Waals surface area contributed by atoms with Crippen LogP contribution in [0.3, 0.4) is 0 Å². The van der Waals surface area contributed by atoms with E-state index < -0.39 is 0 Å². The second-order valence-corrected chi connectivity index (χ2v) is 9.14. The van der Waals surface area contributed by atoms with E-state index in [4.69, 9.17) is 4.52 Å². The molecule has 4 heterocycles. The summed E-state index contributed by atoms with van der Waals surface area (Å²) >= 11 is 1.65. The van der Waals surface area contributed by atoms with E-state index in [1.54, 1.807) is 17.4 Å². The van der Waals surface area contributed by atoms with E-state index in [-0.39, 0.29) is 11.7 Å². The summed E-state index contributed by atoms with van der Waals surface area (Å²) in [6.07, 6.45) is 5.06. The van der Waals surface area contributed by atoms with Gasteiger partial charge in [0.2, 0.25) is 0 Å². The van der Waals surface area contributed by atoms with Gasteiger partial charge in [0.25, 0.3) is 5.91 Å². The first-order valence-electron chi connectivity index (χ1n) is 10.3. The minimum atomic E-state index is -0.293. The maximum atomic E-state index is 13.4. The lowest BCUT2D eigenvalue weighted by Gasteiger charge is -2.31. The molecule has 1 saturated heterocycles. The molecule has 29 heavy (non-hydrogen) atoms. The molecule has 3 aromatic rings. The molecule has 0 saturated carbocycles. The fourth-order valence-corrected chi connectivity index (χ4v) is 5.59. The van der Waals surface area contributed by atoms with Gasteiger partial charge in [-0.1, -0.05) is 5.16 Å². The van der Waals surface area contributed by atoms with Crippen molar-refractivity contribution in [3.63, 3.8) is 0 Å². The molecule has 7 heteroatoms. The molecule has 5 rings (SSSR count). The third-order valence-corrected chi connectivity index (χ3v) is 7.32. The molecule has 0 aliphatic carbocycles. The van der Waals surface area contributed by atoms with E-state index in [1.807, 2.05) is 0 Å². The summed E-state index contributed by atoms with van der Waals surface area (Å²) in [5.41, 5.74) is 2.71. The predicted molar refractivity (Wildman–Crippen MR) is 111 cm³/mol. The van der Waals surface area contributed by atoms with Crippen LogP contribution in [0.15, 0.2) is 28.8 Å². The maximum absolute atomic E-state index is 13.4. The van der Waals surface area contributed by atoms with Crippen molar-refractivity contribution in [3.05, 3.63) is 51.1 Å². The molecule has 5 nitrogen and oxygen atoms in total. The second-order valence-electron chi connectivity index (χ2n) is 8.00. The molecule has 1 N–H and O–H groups in total. The van der Waals surface area contributed by atoms with E-state index in [0.717, 1.165) is 74.2 Å². The van der Waals surface area contributed by atoms with E-state index >= 15 is 0 Å². The highest BCUT2D eigenvalue weighted by molar-refractivity contribution is 7.14. The number of piperidine rings is 1. The smallest absolute Gasteiger partial charge is 0.261 e. The molecular weight excluding hydrogens is 389 g/mol. The summed E-state index contributed by atoms with van der Waals surface area (Å²) in [6, 6.07) is 6.89. The second kappa shape index (κ2) is 7.88. The molecule has 0 radical (unpaired) electrons. The van der Waals surface area contributed by atoms with Crippen LogP contribution in [-0.4, -0.2) is 42.1 Å². The van der Waals surface area contributed by atoms with Gasteiger partial charge in [0.15, 0.2) is 5.58 Å². The number of carbonyl (C=O) groups is 1. The number of halogens is 1. The number of hydrogen-bond acceptors (Lipinski definition) is 5. The Morgan fingerprint density at radius 3 is 3.00 bits per heavy atom. The Bertz CT molecular complexity index is 1040. The zero-order valence-corrected chi connectivity index (χ0v) is 17.1. The number of aromatic nitrogens is 1. The van der Waals surface area contributed by atoms with Crippen molar-refractivity contribution in [1.29, 1.82) is 0 Å². The standard InChI is InChI=1S/C22H24FN3O2S/c23-16-3-4-18-19(13-16)28-25-20(18)14-5-9-26(10-6-14)11-7-17-12-15-2-1-8-24-22(27)21(15)29-17/h3-4,12-14H,1-2,5-11H2,(H,24,27). The van der Waals surface area contributed by atoms with Crippen LogP contribution in [0.2, 0.25) is 0 Å². The summed E-state index contributed by atoms with van der Waals surface area (Å²) in [7, 11) is 0. The summed E-state index contributed by atoms with van der Waals surface area (Å²) in [5.74, 6) is 0.159. The van der Waals surface area contributed by atoms with Gasteiger partial charge in [-0.05, 0) is 69.0 Å². The molecule has 1 fully saturated rings. The Morgan fingerprint density at radius 2 is 2.14 bits per heavy atom. The highest BCUT2D eigenvalue weighted by Gasteiger charge is 2.25. The molecule has 152 valence electrons. The third kappa shape index (κ3) is 3.81. The minimum Gasteiger partial charge on any atom is -0.356 e. The van der Waals surface area contributed by atoms with E-state index in [2.05, 4.69) is 21.4 Å². The van der Waals surface area contributed by atoms with Crippen molar-refractivity contribution in [3.8, 4) is 0 Å². The summed E-state index contributed by atoms with van der Waals surface area (Å²) < 4.78 is 18.7. The van der Waals surface area contributed by atoms with Crippen LogP contribution in [0.1, 0.15) is 51.0 Å². The number of benzene rings is 1. The van der Waals surface area contributed by atoms with E-state index in [0.29, 0.717) is 11.5 Å². The van der Waals surface area contributed by atoms with Crippen molar-refractivity contribution in [2.45, 2.75) is 38.0 Å². The van der Waals surface area contributed by atoms with E-state index in [9.17, 15) is 9.18 Å². The van der Waals surface area contributed by atoms with E-state index in [1.165, 1.54) is 22.6 Å². The van der Waals surface area contributed by atoms with Gasteiger partial charge < -0.3 is 14.7 Å². The molecule has 2 aromatic heterocycles. The van der Waals surface area contributed by atoms with Gasteiger partial charge >= 0.3 is 0 Å². The number of nitrogens with zero attached hydrogens (tertiary/aromatic N) is 2. The number of hydrogen-bond donors (Lipinski definition) is 1. The fourth-order valence-electron chi connectivity index (χ4n) is 4.47. The number of nitrogens with one attached hydrogen (secondary N) is 1. The highest BCUT2D eigenvalue weighted by atomic mass is 32.1. The summed E-state index contributed by atoms with van der Waals surface area (Å²) in [6.45, 7) is 3.83. The Morgan fingerprint density at radius 1 is 1.28 bits per heavy atom. The Balaban J connectivity index is 1.18. The molecule has 1 amide bonds. The van der Waals surface area contributed by atoms with Gasteiger partial charge in [-0.15, -0.1) is 11.3 Å².